The molecule has 6 heteroatoms. The van der Waals surface area contributed by atoms with E-state index >= 15 is 0 Å². The van der Waals surface area contributed by atoms with Gasteiger partial charge < -0.3 is 19.7 Å². The standard InChI is InChI=1S/C12H14O6/c1-7(11(13)14)17-9-4-3-5-10(6-9)18-8(2)12(15)16/h3-8H,1-2H3,(H,13,14)(H,15,16). The molecule has 0 amide bonds. The molecule has 0 aliphatic rings. The zero-order chi connectivity index (χ0) is 13.7. The van der Waals surface area contributed by atoms with Gasteiger partial charge in [-0.2, -0.15) is 0 Å². The Kier molecular flexibility index (Phi) is 4.53. The molecule has 0 aliphatic heterocycles. The highest BCUT2D eigenvalue weighted by molar-refractivity contribution is 5.72. The lowest BCUT2D eigenvalue weighted by molar-refractivity contribution is -0.144. The maximum Gasteiger partial charge on any atom is 0.344 e. The average molecular weight is 254 g/mol. The number of aliphatic carboxylic acids is 2. The highest BCUT2D eigenvalue weighted by atomic mass is 16.5. The normalized spacial score (nSPS) is 13.4. The SMILES string of the molecule is CC(Oc1cccc(OC(C)C(=O)O)c1)C(=O)O. The number of hydrogen-bond acceptors (Lipinski definition) is 4. The van der Waals surface area contributed by atoms with E-state index < -0.39 is 24.1 Å². The van der Waals surface area contributed by atoms with Crippen LogP contribution < -0.4 is 9.47 Å². The van der Waals surface area contributed by atoms with Crippen molar-refractivity contribution >= 4 is 11.9 Å². The van der Waals surface area contributed by atoms with E-state index in [1.54, 1.807) is 18.2 Å². The molecule has 0 fully saturated rings. The Morgan fingerprint density at radius 3 is 1.72 bits per heavy atom. The molecule has 0 saturated carbocycles. The lowest BCUT2D eigenvalue weighted by Gasteiger charge is -2.13. The first-order valence-corrected chi connectivity index (χ1v) is 5.29. The fourth-order valence-electron chi connectivity index (χ4n) is 1.13. The Morgan fingerprint density at radius 1 is 1.00 bits per heavy atom. The van der Waals surface area contributed by atoms with E-state index in [4.69, 9.17) is 19.7 Å². The van der Waals surface area contributed by atoms with Gasteiger partial charge in [0, 0.05) is 6.07 Å². The van der Waals surface area contributed by atoms with Crippen molar-refractivity contribution in [3.63, 3.8) is 0 Å². The minimum Gasteiger partial charge on any atom is -0.479 e. The van der Waals surface area contributed by atoms with E-state index in [0.717, 1.165) is 0 Å². The van der Waals surface area contributed by atoms with Crippen LogP contribution in [0.3, 0.4) is 0 Å². The molecule has 2 atom stereocenters. The summed E-state index contributed by atoms with van der Waals surface area (Å²) >= 11 is 0. The molecule has 0 spiro atoms. The topological polar surface area (TPSA) is 93.1 Å². The predicted octanol–water partition coefficient (Wildman–Crippen LogP) is 1.39. The number of ether oxygens (including phenoxy) is 2. The number of benzene rings is 1. The van der Waals surface area contributed by atoms with E-state index in [1.807, 2.05) is 0 Å². The van der Waals surface area contributed by atoms with Crippen LogP contribution in [0.5, 0.6) is 11.5 Å². The number of hydrogen-bond donors (Lipinski definition) is 2. The minimum atomic E-state index is -1.08. The van der Waals surface area contributed by atoms with Gasteiger partial charge in [-0.3, -0.25) is 0 Å². The van der Waals surface area contributed by atoms with Crippen LogP contribution in [0, 0.1) is 0 Å². The summed E-state index contributed by atoms with van der Waals surface area (Å²) in [6.45, 7) is 2.80. The van der Waals surface area contributed by atoms with Gasteiger partial charge in [0.2, 0.25) is 0 Å². The number of carboxylic acid groups (broad SMARTS) is 2. The van der Waals surface area contributed by atoms with Crippen molar-refractivity contribution in [3.05, 3.63) is 24.3 Å². The van der Waals surface area contributed by atoms with Gasteiger partial charge in [-0.25, -0.2) is 9.59 Å². The summed E-state index contributed by atoms with van der Waals surface area (Å²) in [5, 5.41) is 17.4. The fourth-order valence-corrected chi connectivity index (χ4v) is 1.13. The molecule has 18 heavy (non-hydrogen) atoms. The number of carbonyl (C=O) groups is 2. The maximum absolute atomic E-state index is 10.6. The van der Waals surface area contributed by atoms with Crippen LogP contribution in [0.25, 0.3) is 0 Å². The quantitative estimate of drug-likeness (QED) is 0.796. The number of rotatable bonds is 6. The van der Waals surface area contributed by atoms with Crippen molar-refractivity contribution < 1.29 is 29.3 Å². The third-order valence-electron chi connectivity index (χ3n) is 2.13. The minimum absolute atomic E-state index is 0.306. The molecule has 0 saturated heterocycles. The van der Waals surface area contributed by atoms with Crippen LogP contribution in [0.15, 0.2) is 24.3 Å². The van der Waals surface area contributed by atoms with Crippen LogP contribution in [-0.2, 0) is 9.59 Å². The molecule has 0 radical (unpaired) electrons. The van der Waals surface area contributed by atoms with Gasteiger partial charge >= 0.3 is 11.9 Å². The molecular weight excluding hydrogens is 240 g/mol. The van der Waals surface area contributed by atoms with E-state index in [-0.39, 0.29) is 0 Å². The lowest BCUT2D eigenvalue weighted by Crippen LogP contribution is -2.24. The van der Waals surface area contributed by atoms with E-state index in [0.29, 0.717) is 11.5 Å². The highest BCUT2D eigenvalue weighted by Gasteiger charge is 2.15. The smallest absolute Gasteiger partial charge is 0.344 e. The monoisotopic (exact) mass is 254 g/mol. The summed E-state index contributed by atoms with van der Waals surface area (Å²) in [6.07, 6.45) is -1.98. The van der Waals surface area contributed by atoms with Crippen molar-refractivity contribution in [1.82, 2.24) is 0 Å². The molecule has 1 rings (SSSR count). The Labute approximate surface area is 104 Å². The summed E-state index contributed by atoms with van der Waals surface area (Å²) in [5.74, 6) is -1.56. The van der Waals surface area contributed by atoms with Crippen molar-refractivity contribution in [3.8, 4) is 11.5 Å². The van der Waals surface area contributed by atoms with Crippen molar-refractivity contribution in [2.24, 2.45) is 0 Å². The molecule has 0 heterocycles. The second kappa shape index (κ2) is 5.90. The third-order valence-corrected chi connectivity index (χ3v) is 2.13. The van der Waals surface area contributed by atoms with E-state index in [1.165, 1.54) is 19.9 Å². The number of carboxylic acids is 2. The van der Waals surface area contributed by atoms with Gasteiger partial charge in [0.25, 0.3) is 0 Å². The molecular formula is C12H14O6. The second-order valence-electron chi connectivity index (χ2n) is 3.67. The largest absolute Gasteiger partial charge is 0.479 e. The lowest BCUT2D eigenvalue weighted by atomic mass is 10.3. The first-order chi connectivity index (χ1) is 8.40. The summed E-state index contributed by atoms with van der Waals surface area (Å²) in [6, 6.07) is 6.17. The highest BCUT2D eigenvalue weighted by Crippen LogP contribution is 2.21. The molecule has 98 valence electrons. The van der Waals surface area contributed by atoms with Gasteiger partial charge in [0.15, 0.2) is 12.2 Å². The van der Waals surface area contributed by atoms with Crippen LogP contribution in [0.2, 0.25) is 0 Å². The third kappa shape index (κ3) is 3.97. The fraction of sp³-hybridized carbons (Fsp3) is 0.333. The summed E-state index contributed by atoms with van der Waals surface area (Å²) in [4.78, 5) is 21.2. The Bertz CT molecular complexity index is 405. The van der Waals surface area contributed by atoms with Crippen molar-refractivity contribution in [1.29, 1.82) is 0 Å². The summed E-state index contributed by atoms with van der Waals surface area (Å²) < 4.78 is 10.3. The molecule has 2 unspecified atom stereocenters. The van der Waals surface area contributed by atoms with Crippen LogP contribution in [0.1, 0.15) is 13.8 Å². The van der Waals surface area contributed by atoms with Crippen LogP contribution in [-0.4, -0.2) is 34.4 Å². The molecule has 1 aromatic carbocycles. The van der Waals surface area contributed by atoms with Gasteiger partial charge in [0.1, 0.15) is 11.5 Å². The first kappa shape index (κ1) is 13.8. The molecule has 2 N–H and O–H groups in total. The molecule has 6 nitrogen and oxygen atoms in total. The maximum atomic E-state index is 10.6. The average Bonchev–Trinajstić information content (AvgIpc) is 2.29. The van der Waals surface area contributed by atoms with Crippen molar-refractivity contribution in [2.45, 2.75) is 26.1 Å². The Balaban J connectivity index is 2.73. The predicted molar refractivity (Wildman–Crippen MR) is 61.9 cm³/mol. The van der Waals surface area contributed by atoms with Crippen LogP contribution in [0.4, 0.5) is 0 Å². The van der Waals surface area contributed by atoms with Gasteiger partial charge in [-0.05, 0) is 26.0 Å². The summed E-state index contributed by atoms with van der Waals surface area (Å²) in [7, 11) is 0. The molecule has 0 aromatic heterocycles. The van der Waals surface area contributed by atoms with E-state index in [9.17, 15) is 9.59 Å². The summed E-state index contributed by atoms with van der Waals surface area (Å²) in [5.41, 5.74) is 0. The molecule has 0 bridgehead atoms. The first-order valence-electron chi connectivity index (χ1n) is 5.29. The van der Waals surface area contributed by atoms with Gasteiger partial charge in [-0.1, -0.05) is 6.07 Å². The van der Waals surface area contributed by atoms with Gasteiger partial charge in [-0.15, -0.1) is 0 Å². The molecule has 1 aromatic rings. The van der Waals surface area contributed by atoms with Crippen LogP contribution >= 0.6 is 0 Å². The second-order valence-corrected chi connectivity index (χ2v) is 3.67. The zero-order valence-corrected chi connectivity index (χ0v) is 9.99. The van der Waals surface area contributed by atoms with Gasteiger partial charge in [0.05, 0.1) is 0 Å². The Morgan fingerprint density at radius 2 is 1.39 bits per heavy atom. The van der Waals surface area contributed by atoms with Crippen molar-refractivity contribution in [2.75, 3.05) is 0 Å². The van der Waals surface area contributed by atoms with E-state index in [2.05, 4.69) is 0 Å². The zero-order valence-electron chi connectivity index (χ0n) is 9.99. The Hall–Kier alpha value is -2.24. The molecule has 0 aliphatic carbocycles.